The van der Waals surface area contributed by atoms with Crippen molar-refractivity contribution in [1.82, 2.24) is 0 Å². The molecule has 0 aromatic heterocycles. The lowest BCUT2D eigenvalue weighted by Crippen LogP contribution is -3.14. The van der Waals surface area contributed by atoms with Gasteiger partial charge in [0.2, 0.25) is 5.91 Å². The lowest BCUT2D eigenvalue weighted by atomic mass is 9.96. The number of likely N-dealkylation sites (tertiary alicyclic amines) is 1. The van der Waals surface area contributed by atoms with Crippen molar-refractivity contribution in [2.45, 2.75) is 25.6 Å². The van der Waals surface area contributed by atoms with E-state index in [4.69, 9.17) is 15.2 Å². The van der Waals surface area contributed by atoms with Crippen molar-refractivity contribution in [3.05, 3.63) is 29.8 Å². The maximum atomic E-state index is 11.1. The summed E-state index contributed by atoms with van der Waals surface area (Å²) in [6, 6.07) is 7.68. The van der Waals surface area contributed by atoms with Crippen LogP contribution in [-0.2, 0) is 16.1 Å². The van der Waals surface area contributed by atoms with Crippen molar-refractivity contribution in [3.63, 3.8) is 0 Å². The summed E-state index contributed by atoms with van der Waals surface area (Å²) in [5.41, 5.74) is 6.38. The Kier molecular flexibility index (Phi) is 6.83. The Bertz CT molecular complexity index is 484. The predicted octanol–water partition coefficient (Wildman–Crippen LogP) is -0.647. The van der Waals surface area contributed by atoms with Gasteiger partial charge in [-0.15, -0.1) is 0 Å². The van der Waals surface area contributed by atoms with Crippen molar-refractivity contribution in [1.29, 1.82) is 0 Å². The first-order chi connectivity index (χ1) is 11.1. The number of aliphatic hydroxyl groups excluding tert-OH is 1. The number of quaternary nitrogens is 1. The molecule has 1 heterocycles. The van der Waals surface area contributed by atoms with E-state index in [0.717, 1.165) is 37.2 Å². The number of primary amides is 1. The second-order valence-electron chi connectivity index (χ2n) is 6.15. The zero-order chi connectivity index (χ0) is 16.7. The highest BCUT2D eigenvalue weighted by Crippen LogP contribution is 2.12. The topological polar surface area (TPSA) is 86.2 Å². The van der Waals surface area contributed by atoms with E-state index >= 15 is 0 Å². The molecule has 0 aliphatic carbocycles. The Morgan fingerprint density at radius 1 is 1.35 bits per heavy atom. The van der Waals surface area contributed by atoms with Crippen molar-refractivity contribution in [2.24, 2.45) is 11.7 Å². The molecular weight excluding hydrogens is 296 g/mol. The van der Waals surface area contributed by atoms with E-state index in [1.807, 2.05) is 24.3 Å². The summed E-state index contributed by atoms with van der Waals surface area (Å²) >= 11 is 0. The summed E-state index contributed by atoms with van der Waals surface area (Å²) in [6.07, 6.45) is 1.13. The number of piperidine rings is 1. The van der Waals surface area contributed by atoms with Crippen LogP contribution in [0.4, 0.5) is 0 Å². The maximum Gasteiger partial charge on any atom is 0.220 e. The van der Waals surface area contributed by atoms with E-state index < -0.39 is 6.10 Å². The molecule has 4 N–H and O–H groups in total. The molecule has 6 nitrogen and oxygen atoms in total. The number of carbonyl (C=O) groups is 1. The van der Waals surface area contributed by atoms with Crippen LogP contribution in [0.25, 0.3) is 0 Å². The second-order valence-corrected chi connectivity index (χ2v) is 6.15. The number of hydrogen-bond acceptors (Lipinski definition) is 4. The summed E-state index contributed by atoms with van der Waals surface area (Å²) in [7, 11) is 1.64. The number of carbonyl (C=O) groups excluding carboxylic acids is 1. The van der Waals surface area contributed by atoms with Gasteiger partial charge < -0.3 is 25.2 Å². The molecular formula is C17H27N2O4+. The van der Waals surface area contributed by atoms with Gasteiger partial charge in [-0.3, -0.25) is 4.79 Å². The summed E-state index contributed by atoms with van der Waals surface area (Å²) < 4.78 is 10.7. The molecule has 2 rings (SSSR count). The van der Waals surface area contributed by atoms with E-state index in [0.29, 0.717) is 19.8 Å². The largest absolute Gasteiger partial charge is 0.497 e. The third-order valence-electron chi connectivity index (χ3n) is 4.36. The first-order valence-corrected chi connectivity index (χ1v) is 8.10. The molecule has 1 atom stereocenters. The zero-order valence-corrected chi connectivity index (χ0v) is 13.7. The quantitative estimate of drug-likeness (QED) is 0.594. The van der Waals surface area contributed by atoms with Gasteiger partial charge in [-0.2, -0.15) is 0 Å². The first-order valence-electron chi connectivity index (χ1n) is 8.10. The molecule has 1 aliphatic rings. The first kappa shape index (κ1) is 17.7. The standard InChI is InChI=1S/C17H26N2O4/c1-22-16-4-2-13(3-5-16)11-23-12-15(20)10-19-8-6-14(7-9-19)17(18)21/h2-5,14-15,20H,6-12H2,1H3,(H2,18,21)/p+1/t15-/m0/s1. The zero-order valence-electron chi connectivity index (χ0n) is 13.7. The minimum absolute atomic E-state index is 0.00205. The molecule has 128 valence electrons. The van der Waals surface area contributed by atoms with Crippen LogP contribution < -0.4 is 15.4 Å². The normalized spacial score (nSPS) is 22.5. The molecule has 1 fully saturated rings. The molecule has 1 aromatic carbocycles. The van der Waals surface area contributed by atoms with Crippen LogP contribution in [0.15, 0.2) is 24.3 Å². The maximum absolute atomic E-state index is 11.1. The van der Waals surface area contributed by atoms with Gasteiger partial charge in [-0.05, 0) is 17.7 Å². The van der Waals surface area contributed by atoms with Gasteiger partial charge >= 0.3 is 0 Å². The van der Waals surface area contributed by atoms with Gasteiger partial charge in [0.1, 0.15) is 18.4 Å². The van der Waals surface area contributed by atoms with Crippen LogP contribution in [0.2, 0.25) is 0 Å². The van der Waals surface area contributed by atoms with Crippen LogP contribution in [0, 0.1) is 5.92 Å². The molecule has 6 heteroatoms. The number of ether oxygens (including phenoxy) is 2. The van der Waals surface area contributed by atoms with Gasteiger partial charge in [0.15, 0.2) is 0 Å². The average Bonchev–Trinajstić information content (AvgIpc) is 2.56. The highest BCUT2D eigenvalue weighted by molar-refractivity contribution is 5.76. The second kappa shape index (κ2) is 8.86. The van der Waals surface area contributed by atoms with E-state index in [1.54, 1.807) is 7.11 Å². The molecule has 0 radical (unpaired) electrons. The van der Waals surface area contributed by atoms with E-state index in [-0.39, 0.29) is 11.8 Å². The minimum atomic E-state index is -0.492. The van der Waals surface area contributed by atoms with Crippen LogP contribution in [0.3, 0.4) is 0 Å². The monoisotopic (exact) mass is 323 g/mol. The van der Waals surface area contributed by atoms with Crippen LogP contribution in [0.5, 0.6) is 5.75 Å². The number of nitrogens with one attached hydrogen (secondary N) is 1. The summed E-state index contributed by atoms with van der Waals surface area (Å²) in [4.78, 5) is 12.4. The highest BCUT2D eigenvalue weighted by Gasteiger charge is 2.27. The lowest BCUT2D eigenvalue weighted by molar-refractivity contribution is -0.908. The van der Waals surface area contributed by atoms with Crippen LogP contribution in [-0.4, -0.2) is 50.5 Å². The molecule has 1 saturated heterocycles. The van der Waals surface area contributed by atoms with Crippen molar-refractivity contribution >= 4 is 5.91 Å². The number of rotatable bonds is 8. The van der Waals surface area contributed by atoms with Crippen LogP contribution in [0.1, 0.15) is 18.4 Å². The molecule has 0 saturated carbocycles. The Balaban J connectivity index is 1.63. The lowest BCUT2D eigenvalue weighted by Gasteiger charge is -2.29. The molecule has 0 bridgehead atoms. The fourth-order valence-corrected chi connectivity index (χ4v) is 2.94. The molecule has 1 amide bonds. The molecule has 0 unspecified atom stereocenters. The molecule has 23 heavy (non-hydrogen) atoms. The number of amides is 1. The average molecular weight is 323 g/mol. The number of methoxy groups -OCH3 is 1. The van der Waals surface area contributed by atoms with E-state index in [2.05, 4.69) is 0 Å². The van der Waals surface area contributed by atoms with Gasteiger partial charge in [-0.1, -0.05) is 12.1 Å². The Morgan fingerprint density at radius 2 is 2.00 bits per heavy atom. The van der Waals surface area contributed by atoms with Gasteiger partial charge in [-0.25, -0.2) is 0 Å². The van der Waals surface area contributed by atoms with E-state index in [9.17, 15) is 9.90 Å². The third-order valence-corrected chi connectivity index (χ3v) is 4.36. The number of benzene rings is 1. The van der Waals surface area contributed by atoms with Gasteiger partial charge in [0, 0.05) is 18.8 Å². The van der Waals surface area contributed by atoms with Crippen molar-refractivity contribution < 1.29 is 24.3 Å². The third kappa shape index (κ3) is 5.82. The number of aliphatic hydroxyl groups is 1. The SMILES string of the molecule is COc1ccc(COC[C@@H](O)C[NH+]2CCC(C(N)=O)CC2)cc1. The minimum Gasteiger partial charge on any atom is -0.497 e. The fraction of sp³-hybridized carbons (Fsp3) is 0.588. The van der Waals surface area contributed by atoms with Gasteiger partial charge in [0.05, 0.1) is 33.4 Å². The number of hydrogen-bond donors (Lipinski definition) is 3. The summed E-state index contributed by atoms with van der Waals surface area (Å²) in [5.74, 6) is 0.617. The summed E-state index contributed by atoms with van der Waals surface area (Å²) in [5, 5.41) is 10.1. The number of nitrogens with two attached hydrogens (primary N) is 1. The van der Waals surface area contributed by atoms with Crippen LogP contribution >= 0.6 is 0 Å². The molecule has 0 spiro atoms. The fourth-order valence-electron chi connectivity index (χ4n) is 2.94. The summed E-state index contributed by atoms with van der Waals surface area (Å²) in [6.45, 7) is 3.19. The highest BCUT2D eigenvalue weighted by atomic mass is 16.5. The van der Waals surface area contributed by atoms with Crippen molar-refractivity contribution in [3.8, 4) is 5.75 Å². The Labute approximate surface area is 137 Å². The Morgan fingerprint density at radius 3 is 2.57 bits per heavy atom. The Hall–Kier alpha value is -1.63. The molecule has 1 aromatic rings. The smallest absolute Gasteiger partial charge is 0.220 e. The van der Waals surface area contributed by atoms with Crippen molar-refractivity contribution in [2.75, 3.05) is 33.4 Å². The molecule has 1 aliphatic heterocycles. The van der Waals surface area contributed by atoms with E-state index in [1.165, 1.54) is 4.90 Å². The van der Waals surface area contributed by atoms with Gasteiger partial charge in [0.25, 0.3) is 0 Å². The predicted molar refractivity (Wildman–Crippen MR) is 86.1 cm³/mol.